The van der Waals surface area contributed by atoms with Gasteiger partial charge in [-0.25, -0.2) is 9.59 Å². The maximum Gasteiger partial charge on any atom is 0.345 e. The first kappa shape index (κ1) is 33.0. The van der Waals surface area contributed by atoms with Gasteiger partial charge in [0.15, 0.2) is 0 Å². The third-order valence-electron chi connectivity index (χ3n) is 7.47. The summed E-state index contributed by atoms with van der Waals surface area (Å²) < 4.78 is 22.4. The molecule has 2 aromatic rings. The molecule has 0 N–H and O–H groups in total. The zero-order valence-electron chi connectivity index (χ0n) is 27.6. The predicted octanol–water partition coefficient (Wildman–Crippen LogP) is 6.80. The fourth-order valence-electron chi connectivity index (χ4n) is 5.49. The molecule has 0 saturated carbocycles. The zero-order valence-corrected chi connectivity index (χ0v) is 27.6. The molecule has 2 aliphatic heterocycles. The van der Waals surface area contributed by atoms with Gasteiger partial charge in [0.05, 0.1) is 23.4 Å². The summed E-state index contributed by atoms with van der Waals surface area (Å²) in [5.74, 6) is -1.07. The van der Waals surface area contributed by atoms with Crippen molar-refractivity contribution in [2.45, 2.75) is 118 Å². The van der Waals surface area contributed by atoms with Gasteiger partial charge >= 0.3 is 23.9 Å². The van der Waals surface area contributed by atoms with E-state index in [4.69, 9.17) is 18.9 Å². The molecule has 0 spiro atoms. The maximum atomic E-state index is 13.6. The lowest BCUT2D eigenvalue weighted by Gasteiger charge is -2.23. The second-order valence-corrected chi connectivity index (χ2v) is 14.1. The molecule has 44 heavy (non-hydrogen) atoms. The summed E-state index contributed by atoms with van der Waals surface area (Å²) >= 11 is 0. The molecule has 8 nitrogen and oxygen atoms in total. The van der Waals surface area contributed by atoms with Crippen molar-refractivity contribution in [2.24, 2.45) is 0 Å². The van der Waals surface area contributed by atoms with Gasteiger partial charge < -0.3 is 18.9 Å². The molecule has 0 bridgehead atoms. The Kier molecular flexibility index (Phi) is 9.15. The molecule has 4 rings (SSSR count). The van der Waals surface area contributed by atoms with Crippen LogP contribution in [0.25, 0.3) is 11.1 Å². The summed E-state index contributed by atoms with van der Waals surface area (Å²) in [5.41, 5.74) is 3.71. The van der Waals surface area contributed by atoms with E-state index in [1.807, 2.05) is 65.8 Å². The van der Waals surface area contributed by atoms with E-state index in [1.54, 1.807) is 27.7 Å². The SMILES string of the molecule is CC(C)OC(=O)CCc1cc2c(c(C(C)(C)C)c1)OC(=O)C2=C1C(=O)Oc2c1cc(CCC(=O)OC(C)C)cc2C(C)(C)C. The molecule has 2 aromatic carbocycles. The lowest BCUT2D eigenvalue weighted by molar-refractivity contribution is -0.148. The highest BCUT2D eigenvalue weighted by Gasteiger charge is 2.42. The number of aryl methyl sites for hydroxylation is 2. The van der Waals surface area contributed by atoms with Gasteiger partial charge in [-0.3, -0.25) is 9.59 Å². The maximum absolute atomic E-state index is 13.6. The van der Waals surface area contributed by atoms with E-state index in [2.05, 4.69) is 0 Å². The van der Waals surface area contributed by atoms with Gasteiger partial charge in [-0.1, -0.05) is 53.7 Å². The summed E-state index contributed by atoms with van der Waals surface area (Å²) in [6.07, 6.45) is 0.696. The number of esters is 4. The van der Waals surface area contributed by atoms with Crippen molar-refractivity contribution in [1.29, 1.82) is 0 Å². The molecule has 0 aliphatic carbocycles. The highest BCUT2D eigenvalue weighted by Crippen LogP contribution is 2.50. The Morgan fingerprint density at radius 3 is 1.27 bits per heavy atom. The minimum absolute atomic E-state index is 0.136. The van der Waals surface area contributed by atoms with E-state index < -0.39 is 22.8 Å². The van der Waals surface area contributed by atoms with E-state index in [-0.39, 0.29) is 48.1 Å². The first-order chi connectivity index (χ1) is 20.4. The molecule has 0 aromatic heterocycles. The van der Waals surface area contributed by atoms with Crippen LogP contribution in [0, 0.1) is 0 Å². The Morgan fingerprint density at radius 2 is 0.977 bits per heavy atom. The van der Waals surface area contributed by atoms with Crippen molar-refractivity contribution in [2.75, 3.05) is 0 Å². The fraction of sp³-hybridized carbons (Fsp3) is 0.500. The minimum atomic E-state index is -0.634. The van der Waals surface area contributed by atoms with Gasteiger partial charge in [-0.15, -0.1) is 0 Å². The molecule has 2 aliphatic rings. The Morgan fingerprint density at radius 1 is 0.636 bits per heavy atom. The van der Waals surface area contributed by atoms with Crippen LogP contribution in [0.4, 0.5) is 0 Å². The summed E-state index contributed by atoms with van der Waals surface area (Å²) in [4.78, 5) is 51.9. The highest BCUT2D eigenvalue weighted by molar-refractivity contribution is 6.41. The fourth-order valence-corrected chi connectivity index (χ4v) is 5.49. The number of hydrogen-bond acceptors (Lipinski definition) is 8. The average Bonchev–Trinajstić information content (AvgIpc) is 3.37. The van der Waals surface area contributed by atoms with Crippen LogP contribution < -0.4 is 9.47 Å². The number of fused-ring (bicyclic) bond motifs is 2. The lowest BCUT2D eigenvalue weighted by atomic mass is 9.81. The van der Waals surface area contributed by atoms with Crippen molar-refractivity contribution in [1.82, 2.24) is 0 Å². The third kappa shape index (κ3) is 7.06. The van der Waals surface area contributed by atoms with Gasteiger partial charge in [0.1, 0.15) is 11.5 Å². The lowest BCUT2D eigenvalue weighted by Crippen LogP contribution is -2.15. The van der Waals surface area contributed by atoms with E-state index in [1.165, 1.54) is 0 Å². The molecule has 0 saturated heterocycles. The van der Waals surface area contributed by atoms with Crippen LogP contribution in [-0.4, -0.2) is 36.1 Å². The number of carbonyl (C=O) groups is 4. The van der Waals surface area contributed by atoms with Gasteiger partial charge in [0.2, 0.25) is 0 Å². The van der Waals surface area contributed by atoms with Crippen molar-refractivity contribution in [3.63, 3.8) is 0 Å². The number of rotatable bonds is 8. The van der Waals surface area contributed by atoms with Gasteiger partial charge in [-0.05, 0) is 74.6 Å². The van der Waals surface area contributed by atoms with Crippen LogP contribution in [0.15, 0.2) is 24.3 Å². The van der Waals surface area contributed by atoms with Crippen LogP contribution in [0.3, 0.4) is 0 Å². The van der Waals surface area contributed by atoms with E-state index in [9.17, 15) is 19.2 Å². The van der Waals surface area contributed by atoms with Gasteiger partial charge in [-0.2, -0.15) is 0 Å². The summed E-state index contributed by atoms with van der Waals surface area (Å²) in [5, 5.41) is 0. The minimum Gasteiger partial charge on any atom is -0.463 e. The summed E-state index contributed by atoms with van der Waals surface area (Å²) in [7, 11) is 0. The average molecular weight is 605 g/mol. The first-order valence-electron chi connectivity index (χ1n) is 15.3. The second-order valence-electron chi connectivity index (χ2n) is 14.1. The molecule has 0 radical (unpaired) electrons. The van der Waals surface area contributed by atoms with Crippen molar-refractivity contribution in [3.05, 3.63) is 57.6 Å². The second kappa shape index (κ2) is 12.2. The summed E-state index contributed by atoms with van der Waals surface area (Å²) in [6.45, 7) is 19.3. The molecule has 2 heterocycles. The molecule has 0 amide bonds. The van der Waals surface area contributed by atoms with Crippen LogP contribution >= 0.6 is 0 Å². The van der Waals surface area contributed by atoms with Crippen LogP contribution in [-0.2, 0) is 52.3 Å². The van der Waals surface area contributed by atoms with Crippen LogP contribution in [0.5, 0.6) is 11.5 Å². The topological polar surface area (TPSA) is 105 Å². The number of carbonyl (C=O) groups excluding carboxylic acids is 4. The molecular formula is C36H44O8. The third-order valence-corrected chi connectivity index (χ3v) is 7.47. The summed E-state index contributed by atoms with van der Waals surface area (Å²) in [6, 6.07) is 7.55. The Balaban J connectivity index is 1.88. The molecule has 236 valence electrons. The number of benzene rings is 2. The molecule has 0 fully saturated rings. The van der Waals surface area contributed by atoms with E-state index in [0.717, 1.165) is 22.3 Å². The quantitative estimate of drug-likeness (QED) is 0.184. The Hall–Kier alpha value is -3.94. The molecular weight excluding hydrogens is 560 g/mol. The monoisotopic (exact) mass is 604 g/mol. The largest absolute Gasteiger partial charge is 0.463 e. The number of ether oxygens (including phenoxy) is 4. The van der Waals surface area contributed by atoms with Crippen LogP contribution in [0.2, 0.25) is 0 Å². The van der Waals surface area contributed by atoms with Crippen molar-refractivity contribution in [3.8, 4) is 11.5 Å². The van der Waals surface area contributed by atoms with E-state index in [0.29, 0.717) is 35.5 Å². The first-order valence-corrected chi connectivity index (χ1v) is 15.3. The van der Waals surface area contributed by atoms with Crippen LogP contribution in [0.1, 0.15) is 115 Å². The smallest absolute Gasteiger partial charge is 0.345 e. The molecule has 0 atom stereocenters. The van der Waals surface area contributed by atoms with E-state index >= 15 is 0 Å². The standard InChI is InChI=1S/C36H44O8/c1-19(2)41-27(37)13-11-21-15-23-29(33(39)43-31(23)25(17-21)35(5,6)7)30-24-16-22(12-14-28(38)42-20(3)4)18-26(36(8,9)10)32(24)44-34(30)40/h15-20H,11-14H2,1-10H3. The Bertz CT molecular complexity index is 1430. The van der Waals surface area contributed by atoms with Crippen molar-refractivity contribution < 1.29 is 38.1 Å². The highest BCUT2D eigenvalue weighted by atomic mass is 16.6. The number of hydrogen-bond donors (Lipinski definition) is 0. The molecule has 0 unspecified atom stereocenters. The van der Waals surface area contributed by atoms with Gasteiger partial charge in [0.25, 0.3) is 0 Å². The Labute approximate surface area is 260 Å². The normalized spacial score (nSPS) is 16.2. The predicted molar refractivity (Wildman–Crippen MR) is 167 cm³/mol. The zero-order chi connectivity index (χ0) is 32.7. The van der Waals surface area contributed by atoms with Gasteiger partial charge in [0, 0.05) is 35.1 Å². The molecule has 8 heteroatoms. The van der Waals surface area contributed by atoms with Crippen molar-refractivity contribution >= 4 is 35.0 Å².